The number of aromatic nitrogens is 3. The second-order valence-corrected chi connectivity index (χ2v) is 6.06. The summed E-state index contributed by atoms with van der Waals surface area (Å²) < 4.78 is 15.0. The number of aromatic hydroxyl groups is 1. The van der Waals surface area contributed by atoms with Gasteiger partial charge in [0.05, 0.1) is 17.6 Å². The highest BCUT2D eigenvalue weighted by Crippen LogP contribution is 2.27. The zero-order valence-corrected chi connectivity index (χ0v) is 14.3. The van der Waals surface area contributed by atoms with Crippen molar-refractivity contribution in [3.63, 3.8) is 0 Å². The monoisotopic (exact) mass is 362 g/mol. The van der Waals surface area contributed by atoms with E-state index < -0.39 is 11.6 Å². The predicted octanol–water partition coefficient (Wildman–Crippen LogP) is 3.87. The number of fused-ring (bicyclic) bond motifs is 1. The average molecular weight is 362 g/mol. The van der Waals surface area contributed by atoms with E-state index in [0.29, 0.717) is 22.6 Å². The molecule has 2 aromatic carbocycles. The molecule has 27 heavy (non-hydrogen) atoms. The Morgan fingerprint density at radius 1 is 1.11 bits per heavy atom. The number of hydrogen-bond donors (Lipinski definition) is 2. The van der Waals surface area contributed by atoms with Crippen LogP contribution in [0.1, 0.15) is 6.92 Å². The molecule has 0 aliphatic carbocycles. The summed E-state index contributed by atoms with van der Waals surface area (Å²) in [4.78, 5) is 15.6. The summed E-state index contributed by atoms with van der Waals surface area (Å²) in [5, 5.41) is 16.9. The molecule has 0 fully saturated rings. The van der Waals surface area contributed by atoms with Gasteiger partial charge in [0.15, 0.2) is 17.2 Å². The lowest BCUT2D eigenvalue weighted by molar-refractivity contribution is -0.114. The van der Waals surface area contributed by atoms with Gasteiger partial charge < -0.3 is 10.4 Å². The lowest BCUT2D eigenvalue weighted by atomic mass is 10.1. The zero-order valence-electron chi connectivity index (χ0n) is 14.3. The molecule has 0 aliphatic rings. The fourth-order valence-electron chi connectivity index (χ4n) is 2.86. The number of benzene rings is 2. The van der Waals surface area contributed by atoms with Crippen molar-refractivity contribution < 1.29 is 14.3 Å². The van der Waals surface area contributed by atoms with Crippen LogP contribution in [0.15, 0.2) is 60.8 Å². The lowest BCUT2D eigenvalue weighted by Crippen LogP contribution is -2.05. The van der Waals surface area contributed by atoms with Crippen molar-refractivity contribution in [3.05, 3.63) is 66.6 Å². The van der Waals surface area contributed by atoms with Crippen LogP contribution in [0.5, 0.6) is 5.75 Å². The molecule has 0 atom stereocenters. The molecular weight excluding hydrogens is 347 g/mol. The van der Waals surface area contributed by atoms with E-state index in [1.165, 1.54) is 19.1 Å². The van der Waals surface area contributed by atoms with Crippen LogP contribution < -0.4 is 5.32 Å². The number of phenolic OH excluding ortho intramolecular Hbond substituents is 1. The minimum atomic E-state index is -0.682. The number of nitrogens with one attached hydrogen (secondary N) is 1. The van der Waals surface area contributed by atoms with E-state index in [1.54, 1.807) is 35.0 Å². The van der Waals surface area contributed by atoms with Gasteiger partial charge in [0, 0.05) is 23.7 Å². The number of nitrogens with zero attached hydrogens (tertiary/aromatic N) is 3. The maximum atomic E-state index is 13.3. The van der Waals surface area contributed by atoms with Crippen LogP contribution >= 0.6 is 0 Å². The van der Waals surface area contributed by atoms with Gasteiger partial charge in [-0.15, -0.1) is 0 Å². The SMILES string of the molecule is CC(=O)Nc1cccc(-c2cnc3ccc(-c4ccc(F)c(O)c4)nn23)c1. The Hall–Kier alpha value is -3.74. The van der Waals surface area contributed by atoms with Gasteiger partial charge in [0.25, 0.3) is 0 Å². The standard InChI is InChI=1S/C20H15FN4O2/c1-12(26)23-15-4-2-3-14(9-15)18-11-22-20-8-7-17(24-25(18)20)13-5-6-16(21)19(27)10-13/h2-11,27H,1H3,(H,23,26). The van der Waals surface area contributed by atoms with Crippen LogP contribution in [0.25, 0.3) is 28.2 Å². The molecule has 4 aromatic rings. The number of amides is 1. The van der Waals surface area contributed by atoms with Gasteiger partial charge >= 0.3 is 0 Å². The van der Waals surface area contributed by atoms with Crippen molar-refractivity contribution >= 4 is 17.2 Å². The fraction of sp³-hybridized carbons (Fsp3) is 0.0500. The summed E-state index contributed by atoms with van der Waals surface area (Å²) in [6, 6.07) is 15.0. The molecule has 4 rings (SSSR count). The quantitative estimate of drug-likeness (QED) is 0.580. The molecule has 0 radical (unpaired) electrons. The second kappa shape index (κ2) is 6.53. The van der Waals surface area contributed by atoms with Crippen LogP contribution in [0, 0.1) is 5.82 Å². The Morgan fingerprint density at radius 2 is 1.96 bits per heavy atom. The van der Waals surface area contributed by atoms with Gasteiger partial charge in [-0.2, -0.15) is 5.10 Å². The minimum Gasteiger partial charge on any atom is -0.505 e. The number of hydrogen-bond acceptors (Lipinski definition) is 4. The van der Waals surface area contributed by atoms with Crippen LogP contribution in [0.3, 0.4) is 0 Å². The minimum absolute atomic E-state index is 0.151. The summed E-state index contributed by atoms with van der Waals surface area (Å²) in [6.07, 6.45) is 1.70. The predicted molar refractivity (Wildman–Crippen MR) is 99.8 cm³/mol. The maximum absolute atomic E-state index is 13.3. The Morgan fingerprint density at radius 3 is 2.74 bits per heavy atom. The van der Waals surface area contributed by atoms with Gasteiger partial charge in [-0.05, 0) is 42.5 Å². The summed E-state index contributed by atoms with van der Waals surface area (Å²) in [5.74, 6) is -1.26. The van der Waals surface area contributed by atoms with Crippen molar-refractivity contribution in [2.24, 2.45) is 0 Å². The Labute approximate surface area is 153 Å². The summed E-state index contributed by atoms with van der Waals surface area (Å²) >= 11 is 0. The third-order valence-electron chi connectivity index (χ3n) is 4.08. The third-order valence-corrected chi connectivity index (χ3v) is 4.08. The molecule has 2 N–H and O–H groups in total. The molecule has 0 unspecified atom stereocenters. The van der Waals surface area contributed by atoms with Gasteiger partial charge in [-0.25, -0.2) is 13.9 Å². The Balaban J connectivity index is 1.81. The Bertz CT molecular complexity index is 1170. The lowest BCUT2D eigenvalue weighted by Gasteiger charge is -2.07. The fourth-order valence-corrected chi connectivity index (χ4v) is 2.86. The largest absolute Gasteiger partial charge is 0.505 e. The molecule has 0 saturated heterocycles. The number of imidazole rings is 1. The van der Waals surface area contributed by atoms with Gasteiger partial charge in [-0.1, -0.05) is 12.1 Å². The van der Waals surface area contributed by atoms with Crippen molar-refractivity contribution in [1.29, 1.82) is 0 Å². The molecule has 0 saturated carbocycles. The van der Waals surface area contributed by atoms with Crippen molar-refractivity contribution in [2.45, 2.75) is 6.92 Å². The van der Waals surface area contributed by atoms with Gasteiger partial charge in [-0.3, -0.25) is 4.79 Å². The number of carbonyl (C=O) groups excluding carboxylic acids is 1. The maximum Gasteiger partial charge on any atom is 0.221 e. The third kappa shape index (κ3) is 3.22. The summed E-state index contributed by atoms with van der Waals surface area (Å²) in [6.45, 7) is 1.45. The van der Waals surface area contributed by atoms with Crippen molar-refractivity contribution in [1.82, 2.24) is 14.6 Å². The molecule has 7 heteroatoms. The number of phenols is 1. The first-order valence-corrected chi connectivity index (χ1v) is 8.23. The van der Waals surface area contributed by atoms with E-state index in [1.807, 2.05) is 18.2 Å². The molecule has 0 bridgehead atoms. The molecule has 0 spiro atoms. The normalized spacial score (nSPS) is 10.9. The van der Waals surface area contributed by atoms with E-state index in [4.69, 9.17) is 0 Å². The van der Waals surface area contributed by atoms with E-state index >= 15 is 0 Å². The summed E-state index contributed by atoms with van der Waals surface area (Å²) in [5.41, 5.74) is 4.04. The van der Waals surface area contributed by atoms with Crippen LogP contribution in [0.2, 0.25) is 0 Å². The first-order valence-electron chi connectivity index (χ1n) is 8.23. The number of halogens is 1. The molecule has 6 nitrogen and oxygen atoms in total. The number of anilines is 1. The second-order valence-electron chi connectivity index (χ2n) is 6.06. The van der Waals surface area contributed by atoms with E-state index in [-0.39, 0.29) is 5.91 Å². The summed E-state index contributed by atoms with van der Waals surface area (Å²) in [7, 11) is 0. The Kier molecular flexibility index (Phi) is 4.04. The van der Waals surface area contributed by atoms with Crippen molar-refractivity contribution in [3.8, 4) is 28.3 Å². The van der Waals surface area contributed by atoms with E-state index in [9.17, 15) is 14.3 Å². The van der Waals surface area contributed by atoms with E-state index in [2.05, 4.69) is 15.4 Å². The van der Waals surface area contributed by atoms with E-state index in [0.717, 1.165) is 11.3 Å². The molecule has 1 amide bonds. The highest BCUT2D eigenvalue weighted by Gasteiger charge is 2.11. The number of rotatable bonds is 3. The molecule has 2 heterocycles. The first kappa shape index (κ1) is 16.7. The van der Waals surface area contributed by atoms with Gasteiger partial charge in [0.1, 0.15) is 0 Å². The number of carbonyl (C=O) groups is 1. The first-order chi connectivity index (χ1) is 13.0. The smallest absolute Gasteiger partial charge is 0.221 e. The van der Waals surface area contributed by atoms with Gasteiger partial charge in [0.2, 0.25) is 5.91 Å². The molecular formula is C20H15FN4O2. The molecule has 0 aliphatic heterocycles. The van der Waals surface area contributed by atoms with Crippen LogP contribution in [-0.2, 0) is 4.79 Å². The molecule has 134 valence electrons. The van der Waals surface area contributed by atoms with Crippen LogP contribution in [-0.4, -0.2) is 25.6 Å². The highest BCUT2D eigenvalue weighted by molar-refractivity contribution is 5.89. The van der Waals surface area contributed by atoms with Crippen LogP contribution in [0.4, 0.5) is 10.1 Å². The highest BCUT2D eigenvalue weighted by atomic mass is 19.1. The zero-order chi connectivity index (χ0) is 19.0. The topological polar surface area (TPSA) is 79.5 Å². The average Bonchev–Trinajstić information content (AvgIpc) is 3.07. The van der Waals surface area contributed by atoms with Crippen molar-refractivity contribution in [2.75, 3.05) is 5.32 Å². The molecule has 2 aromatic heterocycles.